The predicted octanol–water partition coefficient (Wildman–Crippen LogP) is 3.17. The van der Waals surface area contributed by atoms with Crippen molar-refractivity contribution in [2.24, 2.45) is 5.41 Å². The molecule has 1 aliphatic carbocycles. The summed E-state index contributed by atoms with van der Waals surface area (Å²) in [5, 5.41) is 14.4. The summed E-state index contributed by atoms with van der Waals surface area (Å²) in [5.41, 5.74) is 1.38. The number of hydrogen-bond acceptors (Lipinski definition) is 4. The van der Waals surface area contributed by atoms with Crippen LogP contribution < -0.4 is 5.32 Å². The minimum atomic E-state index is 0.406. The van der Waals surface area contributed by atoms with E-state index in [0.717, 1.165) is 36.5 Å². The fourth-order valence-corrected chi connectivity index (χ4v) is 2.65. The molecule has 0 unspecified atom stereocenters. The van der Waals surface area contributed by atoms with E-state index in [1.807, 2.05) is 19.1 Å². The number of rotatable bonds is 6. The van der Waals surface area contributed by atoms with Crippen molar-refractivity contribution in [1.82, 2.24) is 10.2 Å². The van der Waals surface area contributed by atoms with Gasteiger partial charge in [0.05, 0.1) is 5.69 Å². The topological polar surface area (TPSA) is 47.0 Å². The number of benzene rings is 1. The van der Waals surface area contributed by atoms with Gasteiger partial charge in [0.1, 0.15) is 0 Å². The molecule has 1 heterocycles. The summed E-state index contributed by atoms with van der Waals surface area (Å²) in [7, 11) is 1.77. The van der Waals surface area contributed by atoms with Crippen molar-refractivity contribution < 1.29 is 4.74 Å². The van der Waals surface area contributed by atoms with E-state index in [1.165, 1.54) is 18.2 Å². The van der Waals surface area contributed by atoms with Crippen molar-refractivity contribution in [3.63, 3.8) is 0 Å². The van der Waals surface area contributed by atoms with Gasteiger partial charge in [-0.1, -0.05) is 24.3 Å². The number of aromatic nitrogens is 2. The fourth-order valence-electron chi connectivity index (χ4n) is 2.65. The Morgan fingerprint density at radius 2 is 1.95 bits per heavy atom. The Kier molecular flexibility index (Phi) is 3.57. The lowest BCUT2D eigenvalue weighted by Crippen LogP contribution is -2.18. The fraction of sp³-hybridized carbons (Fsp3) is 0.500. The molecule has 0 amide bonds. The van der Waals surface area contributed by atoms with Gasteiger partial charge in [-0.15, -0.1) is 5.10 Å². The lowest BCUT2D eigenvalue weighted by molar-refractivity contribution is 0.175. The van der Waals surface area contributed by atoms with Crippen LogP contribution in [0.3, 0.4) is 0 Å². The summed E-state index contributed by atoms with van der Waals surface area (Å²) in [6.07, 6.45) is 3.68. The summed E-state index contributed by atoms with van der Waals surface area (Å²) in [5.74, 6) is 0.898. The molecule has 4 nitrogen and oxygen atoms in total. The third-order valence-electron chi connectivity index (χ3n) is 4.30. The number of nitrogens with zero attached hydrogens (tertiary/aromatic N) is 2. The van der Waals surface area contributed by atoms with Crippen LogP contribution in [0.5, 0.6) is 0 Å². The highest BCUT2D eigenvalue weighted by Crippen LogP contribution is 2.48. The number of aryl methyl sites for hydroxylation is 1. The first-order valence-electron chi connectivity index (χ1n) is 7.19. The molecular weight excluding hydrogens is 250 g/mol. The maximum Gasteiger partial charge on any atom is 0.156 e. The SMILES string of the molecule is COCCC1(CNc2nnc(C)c3ccccc23)CC1. The maximum absolute atomic E-state index is 5.20. The number of fused-ring (bicyclic) bond motifs is 1. The largest absolute Gasteiger partial charge is 0.385 e. The molecule has 0 radical (unpaired) electrons. The van der Waals surface area contributed by atoms with Gasteiger partial charge in [0.2, 0.25) is 0 Å². The van der Waals surface area contributed by atoms with Crippen molar-refractivity contribution in [1.29, 1.82) is 0 Å². The highest BCUT2D eigenvalue weighted by atomic mass is 16.5. The van der Waals surface area contributed by atoms with Crippen LogP contribution >= 0.6 is 0 Å². The quantitative estimate of drug-likeness (QED) is 0.876. The van der Waals surface area contributed by atoms with Crippen LogP contribution in [-0.4, -0.2) is 30.5 Å². The van der Waals surface area contributed by atoms with Gasteiger partial charge in [-0.3, -0.25) is 0 Å². The molecule has 0 aliphatic heterocycles. The predicted molar refractivity (Wildman–Crippen MR) is 80.9 cm³/mol. The van der Waals surface area contributed by atoms with Crippen LogP contribution in [0.2, 0.25) is 0 Å². The number of ether oxygens (including phenoxy) is 1. The monoisotopic (exact) mass is 271 g/mol. The third-order valence-corrected chi connectivity index (χ3v) is 4.30. The minimum Gasteiger partial charge on any atom is -0.385 e. The van der Waals surface area contributed by atoms with E-state index in [0.29, 0.717) is 5.41 Å². The second kappa shape index (κ2) is 5.37. The minimum absolute atomic E-state index is 0.406. The van der Waals surface area contributed by atoms with Gasteiger partial charge in [0, 0.05) is 31.0 Å². The van der Waals surface area contributed by atoms with Crippen LogP contribution in [0.4, 0.5) is 5.82 Å². The van der Waals surface area contributed by atoms with Crippen molar-refractivity contribution in [3.8, 4) is 0 Å². The zero-order valence-corrected chi connectivity index (χ0v) is 12.1. The van der Waals surface area contributed by atoms with Gasteiger partial charge in [-0.05, 0) is 31.6 Å². The normalized spacial score (nSPS) is 16.3. The van der Waals surface area contributed by atoms with Crippen LogP contribution in [0, 0.1) is 12.3 Å². The second-order valence-electron chi connectivity index (χ2n) is 5.78. The van der Waals surface area contributed by atoms with Crippen LogP contribution in [0.1, 0.15) is 25.0 Å². The van der Waals surface area contributed by atoms with Crippen molar-refractivity contribution >= 4 is 16.6 Å². The van der Waals surface area contributed by atoms with E-state index in [4.69, 9.17) is 4.74 Å². The summed E-state index contributed by atoms with van der Waals surface area (Å²) < 4.78 is 5.20. The van der Waals surface area contributed by atoms with E-state index < -0.39 is 0 Å². The Morgan fingerprint density at radius 1 is 1.20 bits per heavy atom. The smallest absolute Gasteiger partial charge is 0.156 e. The first kappa shape index (κ1) is 13.3. The van der Waals surface area contributed by atoms with Crippen LogP contribution in [0.15, 0.2) is 24.3 Å². The standard InChI is InChI=1S/C16H21N3O/c1-12-13-5-3-4-6-14(13)15(19-18-12)17-11-16(7-8-16)9-10-20-2/h3-6H,7-11H2,1-2H3,(H,17,19). The van der Waals surface area contributed by atoms with Gasteiger partial charge in [-0.2, -0.15) is 5.10 Å². The third kappa shape index (κ3) is 2.61. The second-order valence-corrected chi connectivity index (χ2v) is 5.78. The van der Waals surface area contributed by atoms with Crippen molar-refractivity contribution in [3.05, 3.63) is 30.0 Å². The Labute approximate surface area is 119 Å². The van der Waals surface area contributed by atoms with Crippen LogP contribution in [0.25, 0.3) is 10.8 Å². The molecule has 0 saturated heterocycles. The molecular formula is C16H21N3O. The number of anilines is 1. The molecule has 106 valence electrons. The van der Waals surface area contributed by atoms with Gasteiger partial charge >= 0.3 is 0 Å². The lowest BCUT2D eigenvalue weighted by Gasteiger charge is -2.16. The zero-order valence-electron chi connectivity index (χ0n) is 12.1. The average Bonchev–Trinajstić information content (AvgIpc) is 3.25. The first-order chi connectivity index (χ1) is 9.74. The van der Waals surface area contributed by atoms with Gasteiger partial charge in [0.15, 0.2) is 5.82 Å². The molecule has 4 heteroatoms. The molecule has 2 aromatic rings. The summed E-state index contributed by atoms with van der Waals surface area (Å²) in [6.45, 7) is 3.79. The lowest BCUT2D eigenvalue weighted by atomic mass is 10.0. The van der Waals surface area contributed by atoms with E-state index in [1.54, 1.807) is 7.11 Å². The summed E-state index contributed by atoms with van der Waals surface area (Å²) >= 11 is 0. The molecule has 0 atom stereocenters. The molecule has 1 aromatic heterocycles. The Balaban J connectivity index is 1.77. The molecule has 1 aliphatic rings. The molecule has 0 bridgehead atoms. The average molecular weight is 271 g/mol. The Bertz CT molecular complexity index is 608. The number of hydrogen-bond donors (Lipinski definition) is 1. The summed E-state index contributed by atoms with van der Waals surface area (Å²) in [4.78, 5) is 0. The molecule has 0 spiro atoms. The highest BCUT2D eigenvalue weighted by Gasteiger charge is 2.41. The molecule has 1 saturated carbocycles. The first-order valence-corrected chi connectivity index (χ1v) is 7.19. The van der Waals surface area contributed by atoms with Crippen molar-refractivity contribution in [2.45, 2.75) is 26.2 Å². The summed E-state index contributed by atoms with van der Waals surface area (Å²) in [6, 6.07) is 8.30. The molecule has 1 fully saturated rings. The molecule has 1 N–H and O–H groups in total. The van der Waals surface area contributed by atoms with Gasteiger partial charge in [-0.25, -0.2) is 0 Å². The Morgan fingerprint density at radius 3 is 2.65 bits per heavy atom. The molecule has 20 heavy (non-hydrogen) atoms. The molecule has 3 rings (SSSR count). The Hall–Kier alpha value is -1.68. The maximum atomic E-state index is 5.20. The van der Waals surface area contributed by atoms with E-state index in [9.17, 15) is 0 Å². The van der Waals surface area contributed by atoms with Crippen LogP contribution in [-0.2, 0) is 4.74 Å². The number of nitrogens with one attached hydrogen (secondary N) is 1. The van der Waals surface area contributed by atoms with Crippen molar-refractivity contribution in [2.75, 3.05) is 25.6 Å². The van der Waals surface area contributed by atoms with Gasteiger partial charge < -0.3 is 10.1 Å². The highest BCUT2D eigenvalue weighted by molar-refractivity contribution is 5.92. The van der Waals surface area contributed by atoms with Gasteiger partial charge in [0.25, 0.3) is 0 Å². The van der Waals surface area contributed by atoms with E-state index in [-0.39, 0.29) is 0 Å². The van der Waals surface area contributed by atoms with E-state index >= 15 is 0 Å². The molecule has 1 aromatic carbocycles. The number of methoxy groups -OCH3 is 1. The zero-order chi connectivity index (χ0) is 14.0. The van der Waals surface area contributed by atoms with E-state index in [2.05, 4.69) is 27.6 Å².